The Balaban J connectivity index is 2.09. The second-order valence-corrected chi connectivity index (χ2v) is 5.33. The summed E-state index contributed by atoms with van der Waals surface area (Å²) in [6.45, 7) is 1.76. The van der Waals surface area contributed by atoms with Crippen LogP contribution in [0.4, 0.5) is 20.2 Å². The molecule has 0 bridgehead atoms. The van der Waals surface area contributed by atoms with E-state index in [1.165, 1.54) is 25.1 Å². The third-order valence-electron chi connectivity index (χ3n) is 2.76. The smallest absolute Gasteiger partial charge is 0.221 e. The van der Waals surface area contributed by atoms with Gasteiger partial charge in [-0.05, 0) is 51.8 Å². The number of hydrogen-bond donors (Lipinski definition) is 2. The van der Waals surface area contributed by atoms with Crippen LogP contribution in [0.25, 0.3) is 0 Å². The van der Waals surface area contributed by atoms with Crippen molar-refractivity contribution in [2.24, 2.45) is 0 Å². The number of anilines is 2. The molecule has 21 heavy (non-hydrogen) atoms. The van der Waals surface area contributed by atoms with Gasteiger partial charge in [0.05, 0.1) is 10.2 Å². The van der Waals surface area contributed by atoms with E-state index < -0.39 is 5.82 Å². The molecule has 0 atom stereocenters. The Bertz CT molecular complexity index is 677. The van der Waals surface area contributed by atoms with E-state index in [-0.39, 0.29) is 17.4 Å². The van der Waals surface area contributed by atoms with Gasteiger partial charge < -0.3 is 10.6 Å². The number of nitrogens with one attached hydrogen (secondary N) is 2. The molecule has 6 heteroatoms. The molecule has 110 valence electrons. The van der Waals surface area contributed by atoms with Crippen molar-refractivity contribution in [2.75, 3.05) is 10.6 Å². The Labute approximate surface area is 129 Å². The highest BCUT2D eigenvalue weighted by Gasteiger charge is 2.06. The van der Waals surface area contributed by atoms with Crippen molar-refractivity contribution in [3.63, 3.8) is 0 Å². The lowest BCUT2D eigenvalue weighted by Gasteiger charge is -2.10. The molecule has 2 aromatic rings. The largest absolute Gasteiger partial charge is 0.381 e. The minimum atomic E-state index is -0.500. The van der Waals surface area contributed by atoms with Crippen LogP contribution in [0.3, 0.4) is 0 Å². The van der Waals surface area contributed by atoms with Gasteiger partial charge in [-0.15, -0.1) is 0 Å². The van der Waals surface area contributed by atoms with E-state index >= 15 is 0 Å². The summed E-state index contributed by atoms with van der Waals surface area (Å²) in [5.74, 6) is -1.16. The maximum atomic E-state index is 13.5. The molecular weight excluding hydrogens is 342 g/mol. The Kier molecular flexibility index (Phi) is 4.90. The van der Waals surface area contributed by atoms with E-state index in [9.17, 15) is 13.6 Å². The highest BCUT2D eigenvalue weighted by Crippen LogP contribution is 2.21. The summed E-state index contributed by atoms with van der Waals surface area (Å²) in [7, 11) is 0. The summed E-state index contributed by atoms with van der Waals surface area (Å²) in [4.78, 5) is 11.0. The van der Waals surface area contributed by atoms with Gasteiger partial charge in [0.15, 0.2) is 0 Å². The lowest BCUT2D eigenvalue weighted by molar-refractivity contribution is -0.114. The van der Waals surface area contributed by atoms with Crippen LogP contribution in [0.15, 0.2) is 40.9 Å². The van der Waals surface area contributed by atoms with E-state index in [1.807, 2.05) is 0 Å². The van der Waals surface area contributed by atoms with Crippen molar-refractivity contribution >= 4 is 33.2 Å². The van der Waals surface area contributed by atoms with Crippen molar-refractivity contribution in [2.45, 2.75) is 13.5 Å². The minimum Gasteiger partial charge on any atom is -0.381 e. The molecule has 0 aliphatic carbocycles. The number of carbonyl (C=O) groups excluding carboxylic acids is 1. The predicted molar refractivity (Wildman–Crippen MR) is 82.1 cm³/mol. The van der Waals surface area contributed by atoms with Gasteiger partial charge in [-0.2, -0.15) is 0 Å². The third-order valence-corrected chi connectivity index (χ3v) is 3.37. The fraction of sp³-hybridized carbons (Fsp3) is 0.133. The second-order valence-electron chi connectivity index (χ2n) is 4.48. The summed E-state index contributed by atoms with van der Waals surface area (Å²) in [5.41, 5.74) is 1.64. The first-order chi connectivity index (χ1) is 9.95. The van der Waals surface area contributed by atoms with E-state index in [0.717, 1.165) is 5.56 Å². The number of hydrogen-bond acceptors (Lipinski definition) is 2. The Morgan fingerprint density at radius 3 is 2.52 bits per heavy atom. The van der Waals surface area contributed by atoms with Crippen molar-refractivity contribution < 1.29 is 13.6 Å². The van der Waals surface area contributed by atoms with Crippen LogP contribution in [-0.2, 0) is 11.3 Å². The molecule has 0 spiro atoms. The fourth-order valence-corrected chi connectivity index (χ4v) is 2.20. The molecule has 2 N–H and O–H groups in total. The standard InChI is InChI=1S/C15H13BrF2N2O/c1-9(21)20-15-7-11(3-5-14(15)18)19-8-10-2-4-13(17)12(16)6-10/h2-7,19H,8H2,1H3,(H,20,21). The lowest BCUT2D eigenvalue weighted by Crippen LogP contribution is -2.08. The molecule has 0 saturated heterocycles. The Hall–Kier alpha value is -1.95. The molecule has 0 aromatic heterocycles. The van der Waals surface area contributed by atoms with Crippen LogP contribution in [0.5, 0.6) is 0 Å². The zero-order chi connectivity index (χ0) is 15.4. The Morgan fingerprint density at radius 2 is 1.86 bits per heavy atom. The first kappa shape index (κ1) is 15.4. The van der Waals surface area contributed by atoms with Gasteiger partial charge in [-0.3, -0.25) is 4.79 Å². The van der Waals surface area contributed by atoms with Crippen molar-refractivity contribution in [3.05, 3.63) is 58.1 Å². The number of halogens is 3. The highest BCUT2D eigenvalue weighted by atomic mass is 79.9. The van der Waals surface area contributed by atoms with Crippen molar-refractivity contribution in [1.29, 1.82) is 0 Å². The second kappa shape index (κ2) is 6.67. The van der Waals surface area contributed by atoms with Gasteiger partial charge in [0, 0.05) is 19.2 Å². The average Bonchev–Trinajstić information content (AvgIpc) is 2.43. The van der Waals surface area contributed by atoms with Crippen LogP contribution >= 0.6 is 15.9 Å². The molecule has 0 heterocycles. The van der Waals surface area contributed by atoms with E-state index in [0.29, 0.717) is 16.7 Å². The molecule has 0 aliphatic rings. The molecule has 2 aromatic carbocycles. The van der Waals surface area contributed by atoms with E-state index in [1.54, 1.807) is 18.2 Å². The zero-order valence-corrected chi connectivity index (χ0v) is 12.8. The first-order valence-electron chi connectivity index (χ1n) is 6.20. The van der Waals surface area contributed by atoms with Gasteiger partial charge in [0.25, 0.3) is 0 Å². The van der Waals surface area contributed by atoms with E-state index in [4.69, 9.17) is 0 Å². The van der Waals surface area contributed by atoms with E-state index in [2.05, 4.69) is 26.6 Å². The molecule has 3 nitrogen and oxygen atoms in total. The molecule has 0 saturated carbocycles. The predicted octanol–water partition coefficient (Wildman–Crippen LogP) is 4.30. The molecule has 2 rings (SSSR count). The minimum absolute atomic E-state index is 0.118. The highest BCUT2D eigenvalue weighted by molar-refractivity contribution is 9.10. The molecule has 0 aliphatic heterocycles. The SMILES string of the molecule is CC(=O)Nc1cc(NCc2ccc(F)c(Br)c2)ccc1F. The van der Waals surface area contributed by atoms with Crippen LogP contribution in [0, 0.1) is 11.6 Å². The van der Waals surface area contributed by atoms with Crippen LogP contribution in [0.2, 0.25) is 0 Å². The molecule has 0 radical (unpaired) electrons. The molecule has 0 unspecified atom stereocenters. The Morgan fingerprint density at radius 1 is 1.14 bits per heavy atom. The summed E-state index contributed by atoms with van der Waals surface area (Å²) in [6.07, 6.45) is 0. The van der Waals surface area contributed by atoms with Gasteiger partial charge in [0.1, 0.15) is 11.6 Å². The summed E-state index contributed by atoms with van der Waals surface area (Å²) < 4.78 is 27.0. The van der Waals surface area contributed by atoms with Crippen molar-refractivity contribution in [3.8, 4) is 0 Å². The summed E-state index contributed by atoms with van der Waals surface area (Å²) in [5, 5.41) is 5.50. The third kappa shape index (κ3) is 4.26. The van der Waals surface area contributed by atoms with Crippen LogP contribution < -0.4 is 10.6 Å². The monoisotopic (exact) mass is 354 g/mol. The average molecular weight is 355 g/mol. The molecular formula is C15H13BrF2N2O. The summed E-state index contributed by atoms with van der Waals surface area (Å²) in [6, 6.07) is 9.04. The fourth-order valence-electron chi connectivity index (χ4n) is 1.77. The number of rotatable bonds is 4. The van der Waals surface area contributed by atoms with Gasteiger partial charge in [-0.1, -0.05) is 6.07 Å². The van der Waals surface area contributed by atoms with Gasteiger partial charge in [-0.25, -0.2) is 8.78 Å². The lowest BCUT2D eigenvalue weighted by atomic mass is 10.2. The van der Waals surface area contributed by atoms with Crippen LogP contribution in [-0.4, -0.2) is 5.91 Å². The first-order valence-corrected chi connectivity index (χ1v) is 7.00. The molecule has 1 amide bonds. The molecule has 0 fully saturated rings. The van der Waals surface area contributed by atoms with Crippen molar-refractivity contribution in [1.82, 2.24) is 0 Å². The van der Waals surface area contributed by atoms with Crippen LogP contribution in [0.1, 0.15) is 12.5 Å². The maximum absolute atomic E-state index is 13.5. The number of carbonyl (C=O) groups is 1. The van der Waals surface area contributed by atoms with Gasteiger partial charge >= 0.3 is 0 Å². The summed E-state index contributed by atoms with van der Waals surface area (Å²) >= 11 is 3.12. The topological polar surface area (TPSA) is 41.1 Å². The maximum Gasteiger partial charge on any atom is 0.221 e. The number of benzene rings is 2. The number of amides is 1. The normalized spacial score (nSPS) is 10.3. The zero-order valence-electron chi connectivity index (χ0n) is 11.2. The van der Waals surface area contributed by atoms with Gasteiger partial charge in [0.2, 0.25) is 5.91 Å². The quantitative estimate of drug-likeness (QED) is 0.859.